The van der Waals surface area contributed by atoms with Crippen molar-refractivity contribution in [3.05, 3.63) is 88.5 Å². The summed E-state index contributed by atoms with van der Waals surface area (Å²) in [5.74, 6) is 0.941. The molecule has 0 saturated carbocycles. The van der Waals surface area contributed by atoms with E-state index < -0.39 is 0 Å². The first-order valence-electron chi connectivity index (χ1n) is 10.5. The molecule has 1 N–H and O–H groups in total. The zero-order valence-electron chi connectivity index (χ0n) is 17.5. The van der Waals surface area contributed by atoms with Crippen molar-refractivity contribution < 1.29 is 13.9 Å². The van der Waals surface area contributed by atoms with Crippen molar-refractivity contribution >= 4 is 10.9 Å². The van der Waals surface area contributed by atoms with Crippen LogP contribution in [0.3, 0.4) is 0 Å². The zero-order valence-corrected chi connectivity index (χ0v) is 17.5. The van der Waals surface area contributed by atoms with Crippen LogP contribution in [0.5, 0.6) is 11.5 Å². The second-order valence-corrected chi connectivity index (χ2v) is 7.79. The molecule has 7 nitrogen and oxygen atoms in total. The number of fused-ring (bicyclic) bond motifs is 2. The second-order valence-electron chi connectivity index (χ2n) is 7.79. The van der Waals surface area contributed by atoms with Gasteiger partial charge in [0, 0.05) is 42.5 Å². The van der Waals surface area contributed by atoms with Crippen molar-refractivity contribution in [3.63, 3.8) is 0 Å². The number of imidazole rings is 1. The molecule has 0 unspecified atom stereocenters. The van der Waals surface area contributed by atoms with Crippen LogP contribution in [0, 0.1) is 5.82 Å². The highest BCUT2D eigenvalue weighted by Crippen LogP contribution is 2.36. The maximum Gasteiger partial charge on any atom is 0.255 e. The summed E-state index contributed by atoms with van der Waals surface area (Å²) in [5, 5.41) is 4.23. The Bertz CT molecular complexity index is 1300. The van der Waals surface area contributed by atoms with Crippen LogP contribution in [0.15, 0.2) is 66.0 Å². The standard InChI is InChI=1S/C24H23FN4O3/c25-20-4-1-3-17(9-20)14-29-21-12-23-22(31-16-32-23)11-18(21)10-19(24(29)30)13-26-5-2-7-28-8-6-27-15-28/h1,3-4,6,8-12,15,26H,2,5,7,13-14,16H2. The van der Waals surface area contributed by atoms with Crippen LogP contribution in [0.4, 0.5) is 4.39 Å². The van der Waals surface area contributed by atoms with Crippen LogP contribution in [0.1, 0.15) is 17.5 Å². The smallest absolute Gasteiger partial charge is 0.255 e. The monoisotopic (exact) mass is 434 g/mol. The zero-order chi connectivity index (χ0) is 21.9. The van der Waals surface area contributed by atoms with Gasteiger partial charge >= 0.3 is 0 Å². The number of pyridine rings is 1. The van der Waals surface area contributed by atoms with Crippen LogP contribution >= 0.6 is 0 Å². The summed E-state index contributed by atoms with van der Waals surface area (Å²) in [7, 11) is 0. The van der Waals surface area contributed by atoms with Gasteiger partial charge < -0.3 is 23.9 Å². The fraction of sp³-hybridized carbons (Fsp3) is 0.250. The van der Waals surface area contributed by atoms with Crippen LogP contribution in [0.2, 0.25) is 0 Å². The van der Waals surface area contributed by atoms with Crippen LogP contribution in [-0.4, -0.2) is 27.5 Å². The van der Waals surface area contributed by atoms with Gasteiger partial charge in [0.15, 0.2) is 11.5 Å². The third kappa shape index (κ3) is 4.22. The molecule has 0 spiro atoms. The van der Waals surface area contributed by atoms with Crippen molar-refractivity contribution in [2.45, 2.75) is 26.1 Å². The quantitative estimate of drug-likeness (QED) is 0.431. The maximum atomic E-state index is 13.7. The number of hydrogen-bond acceptors (Lipinski definition) is 5. The predicted molar refractivity (Wildman–Crippen MR) is 118 cm³/mol. The normalized spacial score (nSPS) is 12.5. The molecule has 164 valence electrons. The molecule has 0 aliphatic carbocycles. The molecule has 2 aromatic heterocycles. The molecule has 8 heteroatoms. The summed E-state index contributed by atoms with van der Waals surface area (Å²) in [6.07, 6.45) is 6.40. The number of hydrogen-bond donors (Lipinski definition) is 1. The number of nitrogens with zero attached hydrogens (tertiary/aromatic N) is 3. The van der Waals surface area contributed by atoms with E-state index in [1.807, 2.05) is 35.0 Å². The molecular formula is C24H23FN4O3. The number of rotatable bonds is 8. The van der Waals surface area contributed by atoms with Crippen molar-refractivity contribution in [2.75, 3.05) is 13.3 Å². The lowest BCUT2D eigenvalue weighted by Crippen LogP contribution is -2.28. The lowest BCUT2D eigenvalue weighted by Gasteiger charge is -2.14. The lowest BCUT2D eigenvalue weighted by atomic mass is 10.1. The molecule has 0 atom stereocenters. The number of ether oxygens (including phenoxy) is 2. The van der Waals surface area contributed by atoms with Crippen LogP contribution in [0.25, 0.3) is 10.9 Å². The van der Waals surface area contributed by atoms with Gasteiger partial charge in [-0.3, -0.25) is 4.79 Å². The molecule has 1 aliphatic rings. The first kappa shape index (κ1) is 20.3. The van der Waals surface area contributed by atoms with Crippen LogP contribution < -0.4 is 20.3 Å². The van der Waals surface area contributed by atoms with Crippen molar-refractivity contribution in [2.24, 2.45) is 0 Å². The molecule has 0 amide bonds. The fourth-order valence-corrected chi connectivity index (χ4v) is 3.96. The third-order valence-corrected chi connectivity index (χ3v) is 5.54. The van der Waals surface area contributed by atoms with Crippen molar-refractivity contribution in [1.82, 2.24) is 19.4 Å². The summed E-state index contributed by atoms with van der Waals surface area (Å²) in [6, 6.07) is 11.9. The number of benzene rings is 2. The van der Waals surface area contributed by atoms with Crippen molar-refractivity contribution in [1.29, 1.82) is 0 Å². The number of halogens is 1. The fourth-order valence-electron chi connectivity index (χ4n) is 3.96. The Balaban J connectivity index is 1.42. The van der Waals surface area contributed by atoms with Crippen LogP contribution in [-0.2, 0) is 19.6 Å². The molecule has 0 bridgehead atoms. The van der Waals surface area contributed by atoms with Gasteiger partial charge in [-0.1, -0.05) is 12.1 Å². The van der Waals surface area contributed by atoms with Gasteiger partial charge in [-0.25, -0.2) is 9.37 Å². The number of nitrogens with one attached hydrogen (secondary N) is 1. The van der Waals surface area contributed by atoms with Gasteiger partial charge in [-0.2, -0.15) is 0 Å². The Morgan fingerprint density at radius 2 is 2.00 bits per heavy atom. The van der Waals surface area contributed by atoms with E-state index in [9.17, 15) is 9.18 Å². The lowest BCUT2D eigenvalue weighted by molar-refractivity contribution is 0.174. The van der Waals surface area contributed by atoms with Gasteiger partial charge in [0.25, 0.3) is 5.56 Å². The van der Waals surface area contributed by atoms with E-state index >= 15 is 0 Å². The van der Waals surface area contributed by atoms with Gasteiger partial charge in [0.1, 0.15) is 5.82 Å². The highest BCUT2D eigenvalue weighted by Gasteiger charge is 2.18. The topological polar surface area (TPSA) is 70.3 Å². The summed E-state index contributed by atoms with van der Waals surface area (Å²) in [4.78, 5) is 17.4. The minimum atomic E-state index is -0.326. The molecule has 32 heavy (non-hydrogen) atoms. The minimum absolute atomic E-state index is 0.109. The highest BCUT2D eigenvalue weighted by atomic mass is 19.1. The third-order valence-electron chi connectivity index (χ3n) is 5.54. The number of aryl methyl sites for hydroxylation is 1. The van der Waals surface area contributed by atoms with E-state index in [4.69, 9.17) is 9.47 Å². The van der Waals surface area contributed by atoms with Gasteiger partial charge in [0.2, 0.25) is 6.79 Å². The molecule has 0 saturated heterocycles. The first-order chi connectivity index (χ1) is 15.7. The molecule has 4 aromatic rings. The van der Waals surface area contributed by atoms with Crippen molar-refractivity contribution in [3.8, 4) is 11.5 Å². The van der Waals surface area contributed by atoms with Gasteiger partial charge in [-0.15, -0.1) is 0 Å². The molecule has 1 aliphatic heterocycles. The SMILES string of the molecule is O=c1c(CNCCCn2ccnc2)cc2cc3c(cc2n1Cc1cccc(F)c1)OCO3. The summed E-state index contributed by atoms with van der Waals surface area (Å²) in [5.41, 5.74) is 1.99. The Labute approximate surface area is 184 Å². The Morgan fingerprint density at radius 1 is 1.12 bits per heavy atom. The Kier molecular flexibility index (Phi) is 5.60. The van der Waals surface area contributed by atoms with Gasteiger partial charge in [0.05, 0.1) is 18.4 Å². The first-order valence-corrected chi connectivity index (χ1v) is 10.5. The average molecular weight is 434 g/mol. The minimum Gasteiger partial charge on any atom is -0.454 e. The average Bonchev–Trinajstić information content (AvgIpc) is 3.46. The highest BCUT2D eigenvalue weighted by molar-refractivity contribution is 5.84. The van der Waals surface area contributed by atoms with E-state index in [2.05, 4.69) is 10.3 Å². The second kappa shape index (κ2) is 8.84. The summed E-state index contributed by atoms with van der Waals surface area (Å²) in [6.45, 7) is 2.49. The Morgan fingerprint density at radius 3 is 2.81 bits per heavy atom. The molecular weight excluding hydrogens is 411 g/mol. The van der Waals surface area contributed by atoms with E-state index in [-0.39, 0.29) is 24.7 Å². The largest absolute Gasteiger partial charge is 0.454 e. The molecule has 0 radical (unpaired) electrons. The van der Waals surface area contributed by atoms with Gasteiger partial charge in [-0.05, 0) is 42.8 Å². The predicted octanol–water partition coefficient (Wildman–Crippen LogP) is 3.29. The van der Waals surface area contributed by atoms with E-state index in [0.29, 0.717) is 23.6 Å². The van der Waals surface area contributed by atoms with E-state index in [1.165, 1.54) is 12.1 Å². The molecule has 5 rings (SSSR count). The molecule has 3 heterocycles. The molecule has 2 aromatic carbocycles. The Hall–Kier alpha value is -3.65. The molecule has 0 fully saturated rings. The summed E-state index contributed by atoms with van der Waals surface area (Å²) < 4.78 is 28.5. The number of aromatic nitrogens is 3. The van der Waals surface area contributed by atoms with E-state index in [0.717, 1.165) is 36.0 Å². The maximum absolute atomic E-state index is 13.7. The van der Waals surface area contributed by atoms with E-state index in [1.54, 1.807) is 23.2 Å². The summed E-state index contributed by atoms with van der Waals surface area (Å²) >= 11 is 0.